The van der Waals surface area contributed by atoms with Crippen LogP contribution in [0.5, 0.6) is 0 Å². The van der Waals surface area contributed by atoms with Gasteiger partial charge in [0, 0.05) is 12.6 Å². The highest BCUT2D eigenvalue weighted by Gasteiger charge is 2.11. The maximum Gasteiger partial charge on any atom is 0.154 e. The Morgan fingerprint density at radius 2 is 1.91 bits per heavy atom. The molecule has 122 valence electrons. The number of hydrogen-bond donors (Lipinski definition) is 2. The molecule has 2 aromatic carbocycles. The second-order valence-electron chi connectivity index (χ2n) is 5.57. The fourth-order valence-corrected chi connectivity index (χ4v) is 2.64. The number of rotatable bonds is 3. The van der Waals surface area contributed by atoms with Crippen LogP contribution in [0, 0.1) is 12.7 Å². The van der Waals surface area contributed by atoms with Crippen molar-refractivity contribution in [3.8, 4) is 11.1 Å². The minimum atomic E-state index is -0.195. The smallest absolute Gasteiger partial charge is 0.154 e. The lowest BCUT2D eigenvalue weighted by Gasteiger charge is -2.10. The third-order valence-corrected chi connectivity index (χ3v) is 3.97. The molecule has 1 aliphatic heterocycles. The Morgan fingerprint density at radius 1 is 1.17 bits per heavy atom. The summed E-state index contributed by atoms with van der Waals surface area (Å²) in [5.74, 6) is -0.195. The number of carbonyl (C=O) groups excluding carboxylic acids is 1. The molecule has 1 heterocycles. The average molecular weight is 314 g/mol. The average Bonchev–Trinajstić information content (AvgIpc) is 3.10. The van der Waals surface area contributed by atoms with Crippen molar-refractivity contribution in [3.05, 3.63) is 53.8 Å². The molecule has 4 heteroatoms. The standard InChI is InChI=1S/C14H14FN.C5H9NO/c1-10-6-3-4-7-11(10)12-8-5-9-13(16-2)14(12)15;7-4-5-2-1-3-6-5/h3-9,16H,1-2H3;4-6H,1-3H2. The minimum absolute atomic E-state index is 0.167. The highest BCUT2D eigenvalue weighted by molar-refractivity contribution is 5.71. The van der Waals surface area contributed by atoms with E-state index in [2.05, 4.69) is 10.6 Å². The largest absolute Gasteiger partial charge is 0.386 e. The van der Waals surface area contributed by atoms with Gasteiger partial charge in [-0.15, -0.1) is 0 Å². The Hall–Kier alpha value is -2.20. The fraction of sp³-hybridized carbons (Fsp3) is 0.316. The van der Waals surface area contributed by atoms with Gasteiger partial charge in [0.05, 0.1) is 11.7 Å². The van der Waals surface area contributed by atoms with Crippen molar-refractivity contribution in [2.75, 3.05) is 18.9 Å². The van der Waals surface area contributed by atoms with Crippen LogP contribution in [-0.4, -0.2) is 25.9 Å². The van der Waals surface area contributed by atoms with E-state index in [1.54, 1.807) is 19.2 Å². The van der Waals surface area contributed by atoms with Crippen LogP contribution in [0.15, 0.2) is 42.5 Å². The van der Waals surface area contributed by atoms with Crippen LogP contribution in [0.2, 0.25) is 0 Å². The Labute approximate surface area is 136 Å². The Kier molecular flexibility index (Phi) is 6.29. The first-order valence-electron chi connectivity index (χ1n) is 7.88. The van der Waals surface area contributed by atoms with Crippen LogP contribution in [0.4, 0.5) is 10.1 Å². The van der Waals surface area contributed by atoms with Crippen LogP contribution >= 0.6 is 0 Å². The summed E-state index contributed by atoms with van der Waals surface area (Å²) >= 11 is 0. The summed E-state index contributed by atoms with van der Waals surface area (Å²) in [6.45, 7) is 3.00. The lowest BCUT2D eigenvalue weighted by molar-refractivity contribution is -0.109. The molecule has 2 aromatic rings. The molecule has 0 aromatic heterocycles. The molecular weight excluding hydrogens is 291 g/mol. The fourth-order valence-electron chi connectivity index (χ4n) is 2.64. The summed E-state index contributed by atoms with van der Waals surface area (Å²) in [5.41, 5.74) is 3.19. The normalized spacial score (nSPS) is 16.4. The van der Waals surface area contributed by atoms with Gasteiger partial charge in [0.25, 0.3) is 0 Å². The number of hydrogen-bond acceptors (Lipinski definition) is 3. The molecule has 0 aliphatic carbocycles. The number of benzene rings is 2. The summed E-state index contributed by atoms with van der Waals surface area (Å²) in [4.78, 5) is 9.94. The number of aldehydes is 1. The Bertz CT molecular complexity index is 652. The lowest BCUT2D eigenvalue weighted by atomic mass is 10.00. The number of aryl methyl sites for hydroxylation is 1. The van der Waals surface area contributed by atoms with Crippen molar-refractivity contribution < 1.29 is 9.18 Å². The van der Waals surface area contributed by atoms with E-state index in [0.29, 0.717) is 11.3 Å². The zero-order chi connectivity index (χ0) is 16.7. The molecule has 0 amide bonds. The van der Waals surface area contributed by atoms with Crippen LogP contribution in [-0.2, 0) is 4.79 Å². The van der Waals surface area contributed by atoms with Crippen molar-refractivity contribution >= 4 is 12.0 Å². The molecular formula is C19H23FN2O. The minimum Gasteiger partial charge on any atom is -0.386 e. The predicted molar refractivity (Wildman–Crippen MR) is 93.2 cm³/mol. The van der Waals surface area contributed by atoms with E-state index < -0.39 is 0 Å². The molecule has 0 spiro atoms. The molecule has 23 heavy (non-hydrogen) atoms. The van der Waals surface area contributed by atoms with Gasteiger partial charge in [-0.05, 0) is 43.5 Å². The maximum atomic E-state index is 14.1. The van der Waals surface area contributed by atoms with E-state index in [9.17, 15) is 9.18 Å². The zero-order valence-corrected chi connectivity index (χ0v) is 13.6. The molecule has 0 saturated carbocycles. The summed E-state index contributed by atoms with van der Waals surface area (Å²) in [7, 11) is 1.72. The van der Waals surface area contributed by atoms with Crippen LogP contribution < -0.4 is 10.6 Å². The molecule has 0 bridgehead atoms. The van der Waals surface area contributed by atoms with Gasteiger partial charge < -0.3 is 15.4 Å². The highest BCUT2D eigenvalue weighted by atomic mass is 19.1. The summed E-state index contributed by atoms with van der Waals surface area (Å²) in [6.07, 6.45) is 3.17. The topological polar surface area (TPSA) is 41.1 Å². The predicted octanol–water partition coefficient (Wildman–Crippen LogP) is 3.78. The second-order valence-corrected chi connectivity index (χ2v) is 5.57. The van der Waals surface area contributed by atoms with Crippen molar-refractivity contribution in [3.63, 3.8) is 0 Å². The summed E-state index contributed by atoms with van der Waals surface area (Å²) < 4.78 is 14.1. The van der Waals surface area contributed by atoms with Crippen molar-refractivity contribution in [2.45, 2.75) is 25.8 Å². The number of halogens is 1. The van der Waals surface area contributed by atoms with E-state index in [1.165, 1.54) is 0 Å². The van der Waals surface area contributed by atoms with Gasteiger partial charge in [0.1, 0.15) is 6.29 Å². The quantitative estimate of drug-likeness (QED) is 0.847. The number of anilines is 1. The van der Waals surface area contributed by atoms with E-state index in [0.717, 1.165) is 36.8 Å². The van der Waals surface area contributed by atoms with Crippen molar-refractivity contribution in [1.82, 2.24) is 5.32 Å². The zero-order valence-electron chi connectivity index (χ0n) is 13.6. The first kappa shape index (κ1) is 17.2. The van der Waals surface area contributed by atoms with E-state index in [-0.39, 0.29) is 11.9 Å². The maximum absolute atomic E-state index is 14.1. The van der Waals surface area contributed by atoms with Gasteiger partial charge in [-0.2, -0.15) is 0 Å². The van der Waals surface area contributed by atoms with Crippen LogP contribution in [0.1, 0.15) is 18.4 Å². The first-order valence-corrected chi connectivity index (χ1v) is 7.88. The van der Waals surface area contributed by atoms with Crippen molar-refractivity contribution in [1.29, 1.82) is 0 Å². The lowest BCUT2D eigenvalue weighted by Crippen LogP contribution is -2.21. The molecule has 3 nitrogen and oxygen atoms in total. The van der Waals surface area contributed by atoms with Gasteiger partial charge in [0.15, 0.2) is 5.82 Å². The second kappa shape index (κ2) is 8.44. The third-order valence-electron chi connectivity index (χ3n) is 3.97. The molecule has 1 saturated heterocycles. The molecule has 0 radical (unpaired) electrons. The van der Waals surface area contributed by atoms with Crippen LogP contribution in [0.3, 0.4) is 0 Å². The third kappa shape index (κ3) is 4.39. The Balaban J connectivity index is 0.000000229. The monoisotopic (exact) mass is 314 g/mol. The molecule has 1 atom stereocenters. The van der Waals surface area contributed by atoms with E-state index in [4.69, 9.17) is 0 Å². The molecule has 2 N–H and O–H groups in total. The van der Waals surface area contributed by atoms with Gasteiger partial charge in [-0.1, -0.05) is 36.4 Å². The van der Waals surface area contributed by atoms with Gasteiger partial charge >= 0.3 is 0 Å². The summed E-state index contributed by atoms with van der Waals surface area (Å²) in [6, 6.07) is 13.4. The number of nitrogens with one attached hydrogen (secondary N) is 2. The SMILES string of the molecule is CNc1cccc(-c2ccccc2C)c1F.O=CC1CCCN1. The first-order chi connectivity index (χ1) is 11.2. The van der Waals surface area contributed by atoms with Gasteiger partial charge in [-0.25, -0.2) is 4.39 Å². The van der Waals surface area contributed by atoms with Crippen molar-refractivity contribution in [2.24, 2.45) is 0 Å². The Morgan fingerprint density at radius 3 is 2.48 bits per heavy atom. The number of carbonyl (C=O) groups is 1. The molecule has 1 unspecified atom stereocenters. The van der Waals surface area contributed by atoms with Gasteiger partial charge in [-0.3, -0.25) is 0 Å². The summed E-state index contributed by atoms with van der Waals surface area (Å²) in [5, 5.41) is 5.89. The van der Waals surface area contributed by atoms with E-state index >= 15 is 0 Å². The van der Waals surface area contributed by atoms with Crippen LogP contribution in [0.25, 0.3) is 11.1 Å². The molecule has 3 rings (SSSR count). The highest BCUT2D eigenvalue weighted by Crippen LogP contribution is 2.29. The van der Waals surface area contributed by atoms with Gasteiger partial charge in [0.2, 0.25) is 0 Å². The molecule has 1 aliphatic rings. The van der Waals surface area contributed by atoms with E-state index in [1.807, 2.05) is 37.3 Å². The molecule has 1 fully saturated rings.